The molecule has 1 saturated heterocycles. The third-order valence-electron chi connectivity index (χ3n) is 5.97. The Bertz CT molecular complexity index is 1590. The maximum Gasteiger partial charge on any atom is 0.254 e. The van der Waals surface area contributed by atoms with E-state index >= 15 is 0 Å². The highest BCUT2D eigenvalue weighted by atomic mass is 32.1. The van der Waals surface area contributed by atoms with Crippen molar-refractivity contribution in [2.75, 3.05) is 10.6 Å². The lowest BCUT2D eigenvalue weighted by atomic mass is 10.1. The highest BCUT2D eigenvalue weighted by Crippen LogP contribution is 2.31. The molecule has 0 radical (unpaired) electrons. The average molecular weight is 497 g/mol. The molecule has 0 atom stereocenters. The van der Waals surface area contributed by atoms with E-state index in [-0.39, 0.29) is 12.3 Å². The van der Waals surface area contributed by atoms with Crippen molar-refractivity contribution in [3.8, 4) is 16.5 Å². The van der Waals surface area contributed by atoms with Gasteiger partial charge in [0.05, 0.1) is 12.6 Å². The van der Waals surface area contributed by atoms with E-state index in [9.17, 15) is 14.9 Å². The fraction of sp³-hybridized carbons (Fsp3) is 0.200. The van der Waals surface area contributed by atoms with Crippen molar-refractivity contribution < 1.29 is 9.59 Å². The lowest BCUT2D eigenvalue weighted by Gasteiger charge is -2.12. The summed E-state index contributed by atoms with van der Waals surface area (Å²) in [5.41, 5.74) is 3.62. The molecule has 11 heteroatoms. The Labute approximate surface area is 209 Å². The Balaban J connectivity index is 1.33. The van der Waals surface area contributed by atoms with E-state index in [1.807, 2.05) is 36.4 Å². The van der Waals surface area contributed by atoms with Gasteiger partial charge in [-0.15, -0.1) is 11.3 Å². The summed E-state index contributed by atoms with van der Waals surface area (Å²) in [7, 11) is 0. The second kappa shape index (κ2) is 8.90. The van der Waals surface area contributed by atoms with Crippen LogP contribution in [-0.2, 0) is 16.1 Å². The van der Waals surface area contributed by atoms with Crippen LogP contribution < -0.4 is 16.0 Å². The fourth-order valence-electron chi connectivity index (χ4n) is 4.02. The van der Waals surface area contributed by atoms with E-state index in [0.717, 1.165) is 28.8 Å². The van der Waals surface area contributed by atoms with Crippen molar-refractivity contribution in [1.29, 1.82) is 5.26 Å². The molecule has 4 heterocycles. The van der Waals surface area contributed by atoms with Crippen molar-refractivity contribution >= 4 is 46.8 Å². The molecule has 3 N–H and O–H groups in total. The largest absolute Gasteiger partial charge is 0.351 e. The number of benzene rings is 1. The summed E-state index contributed by atoms with van der Waals surface area (Å²) in [5.74, 6) is 0.262. The molecular weight excluding hydrogens is 476 g/mol. The van der Waals surface area contributed by atoms with Crippen LogP contribution in [0.1, 0.15) is 35.3 Å². The molecule has 0 spiro atoms. The highest BCUT2D eigenvalue weighted by Gasteiger charge is 2.26. The molecule has 2 fully saturated rings. The maximum absolute atomic E-state index is 12.1. The average Bonchev–Trinajstić information content (AvgIpc) is 3.26. The van der Waals surface area contributed by atoms with Crippen LogP contribution in [0.15, 0.2) is 48.2 Å². The molecular formula is C25H20N8O2S. The number of nitrogens with one attached hydrogen (secondary N) is 3. The molecule has 1 aromatic carbocycles. The Hall–Kier alpha value is -4.56. The number of hydrogen-bond acceptors (Lipinski definition) is 9. The van der Waals surface area contributed by atoms with E-state index in [0.29, 0.717) is 46.1 Å². The number of thiophene rings is 1. The molecule has 1 aliphatic heterocycles. The number of aromatic nitrogens is 4. The van der Waals surface area contributed by atoms with Crippen molar-refractivity contribution in [1.82, 2.24) is 24.9 Å². The quantitative estimate of drug-likeness (QED) is 0.262. The number of rotatable bonds is 7. The molecule has 6 rings (SSSR count). The van der Waals surface area contributed by atoms with Gasteiger partial charge in [-0.3, -0.25) is 14.9 Å². The second-order valence-corrected chi connectivity index (χ2v) is 9.72. The minimum absolute atomic E-state index is 0.0343. The minimum Gasteiger partial charge on any atom is -0.351 e. The summed E-state index contributed by atoms with van der Waals surface area (Å²) in [6, 6.07) is 14.3. The van der Waals surface area contributed by atoms with Gasteiger partial charge in [-0.05, 0) is 42.2 Å². The number of imide groups is 1. The highest BCUT2D eigenvalue weighted by molar-refractivity contribution is 7.16. The van der Waals surface area contributed by atoms with E-state index in [2.05, 4.69) is 37.1 Å². The number of nitriles is 1. The van der Waals surface area contributed by atoms with Gasteiger partial charge in [0.2, 0.25) is 17.8 Å². The zero-order valence-electron chi connectivity index (χ0n) is 19.0. The Morgan fingerprint density at radius 3 is 2.81 bits per heavy atom. The molecule has 36 heavy (non-hydrogen) atoms. The van der Waals surface area contributed by atoms with Crippen LogP contribution in [0.3, 0.4) is 0 Å². The van der Waals surface area contributed by atoms with Gasteiger partial charge in [0.15, 0.2) is 5.65 Å². The first-order valence-corrected chi connectivity index (χ1v) is 12.3. The van der Waals surface area contributed by atoms with Crippen LogP contribution in [0.2, 0.25) is 0 Å². The van der Waals surface area contributed by atoms with Crippen molar-refractivity contribution in [3.63, 3.8) is 0 Å². The summed E-state index contributed by atoms with van der Waals surface area (Å²) in [6.07, 6.45) is 5.43. The molecule has 3 aromatic heterocycles. The number of nitrogens with zero attached hydrogens (tertiary/aromatic N) is 5. The Morgan fingerprint density at radius 2 is 2.06 bits per heavy atom. The van der Waals surface area contributed by atoms with Gasteiger partial charge in [0.1, 0.15) is 10.9 Å². The zero-order chi connectivity index (χ0) is 24.6. The fourth-order valence-corrected chi connectivity index (χ4v) is 4.88. The third-order valence-corrected chi connectivity index (χ3v) is 6.99. The number of anilines is 2. The van der Waals surface area contributed by atoms with Gasteiger partial charge in [0.25, 0.3) is 5.91 Å². The molecule has 4 aromatic rings. The smallest absolute Gasteiger partial charge is 0.254 e. The number of carbonyl (C=O) groups excluding carboxylic acids is 2. The van der Waals surface area contributed by atoms with Crippen molar-refractivity contribution in [2.45, 2.75) is 31.8 Å². The SMILES string of the molecule is N#Cc1ccc(-c2ccccc2CNc2nc(NC3CC3)n3ncc(/C=C4\CC(=O)NC4=O)c3n2)s1. The van der Waals surface area contributed by atoms with Crippen LogP contribution in [-0.4, -0.2) is 37.4 Å². The molecule has 2 aliphatic rings. The van der Waals surface area contributed by atoms with Gasteiger partial charge >= 0.3 is 0 Å². The molecule has 1 aliphatic carbocycles. The second-order valence-electron chi connectivity index (χ2n) is 8.63. The lowest BCUT2D eigenvalue weighted by molar-refractivity contribution is -0.124. The third kappa shape index (κ3) is 4.30. The first-order valence-electron chi connectivity index (χ1n) is 11.5. The van der Waals surface area contributed by atoms with Gasteiger partial charge in [0, 0.05) is 28.6 Å². The molecule has 2 amide bonds. The van der Waals surface area contributed by atoms with E-state index < -0.39 is 5.91 Å². The van der Waals surface area contributed by atoms with Gasteiger partial charge < -0.3 is 10.6 Å². The maximum atomic E-state index is 12.1. The number of fused-ring (bicyclic) bond motifs is 1. The Kier molecular flexibility index (Phi) is 5.42. The first-order chi connectivity index (χ1) is 17.6. The van der Waals surface area contributed by atoms with Gasteiger partial charge in [-0.2, -0.15) is 24.8 Å². The van der Waals surface area contributed by atoms with Crippen LogP contribution in [0.4, 0.5) is 11.9 Å². The number of carbonyl (C=O) groups is 2. The topological polar surface area (TPSA) is 137 Å². The molecule has 1 saturated carbocycles. The predicted molar refractivity (Wildman–Crippen MR) is 135 cm³/mol. The summed E-state index contributed by atoms with van der Waals surface area (Å²) >= 11 is 1.45. The molecule has 0 unspecified atom stereocenters. The predicted octanol–water partition coefficient (Wildman–Crippen LogP) is 3.34. The summed E-state index contributed by atoms with van der Waals surface area (Å²) in [6.45, 7) is 0.469. The summed E-state index contributed by atoms with van der Waals surface area (Å²) in [5, 5.41) is 22.6. The molecule has 178 valence electrons. The van der Waals surface area contributed by atoms with E-state index in [1.165, 1.54) is 11.3 Å². The lowest BCUT2D eigenvalue weighted by Crippen LogP contribution is -2.19. The van der Waals surface area contributed by atoms with E-state index in [4.69, 9.17) is 0 Å². The Morgan fingerprint density at radius 1 is 1.19 bits per heavy atom. The van der Waals surface area contributed by atoms with Gasteiger partial charge in [-0.25, -0.2) is 0 Å². The van der Waals surface area contributed by atoms with Crippen molar-refractivity contribution in [2.24, 2.45) is 0 Å². The van der Waals surface area contributed by atoms with Crippen LogP contribution in [0.5, 0.6) is 0 Å². The van der Waals surface area contributed by atoms with E-state index in [1.54, 1.807) is 16.8 Å². The number of amides is 2. The van der Waals surface area contributed by atoms with Crippen LogP contribution in [0.25, 0.3) is 22.2 Å². The summed E-state index contributed by atoms with van der Waals surface area (Å²) < 4.78 is 1.62. The monoisotopic (exact) mass is 496 g/mol. The van der Waals surface area contributed by atoms with Crippen LogP contribution in [0, 0.1) is 11.3 Å². The van der Waals surface area contributed by atoms with Gasteiger partial charge in [-0.1, -0.05) is 24.3 Å². The molecule has 10 nitrogen and oxygen atoms in total. The van der Waals surface area contributed by atoms with Crippen molar-refractivity contribution in [3.05, 3.63) is 64.2 Å². The zero-order valence-corrected chi connectivity index (χ0v) is 19.8. The standard InChI is InChI=1S/C25H20N8O2S/c26-11-18-7-8-20(36-18)19-4-2-1-3-14(19)12-27-24-31-22-16(9-15-10-21(34)30-23(15)35)13-28-33(22)25(32-24)29-17-5-6-17/h1-4,7-9,13,17H,5-6,10,12H2,(H,30,34,35)(H2,27,29,31,32)/b15-9+. The molecule has 0 bridgehead atoms. The number of hydrogen-bond donors (Lipinski definition) is 3. The van der Waals surface area contributed by atoms with Crippen LogP contribution >= 0.6 is 11.3 Å². The summed E-state index contributed by atoms with van der Waals surface area (Å²) in [4.78, 5) is 34.7. The first kappa shape index (κ1) is 21.9. The normalized spacial score (nSPS) is 16.4. The minimum atomic E-state index is -0.396.